The van der Waals surface area contributed by atoms with Crippen LogP contribution in [0.4, 0.5) is 4.39 Å². The van der Waals surface area contributed by atoms with Crippen LogP contribution in [0, 0.1) is 5.82 Å². The van der Waals surface area contributed by atoms with Crippen molar-refractivity contribution in [3.63, 3.8) is 0 Å². The van der Waals surface area contributed by atoms with Gasteiger partial charge in [-0.25, -0.2) is 4.39 Å². The van der Waals surface area contributed by atoms with Gasteiger partial charge in [-0.1, -0.05) is 0 Å². The molecule has 1 aromatic heterocycles. The summed E-state index contributed by atoms with van der Waals surface area (Å²) in [6.07, 6.45) is 3.91. The first kappa shape index (κ1) is 8.14. The highest BCUT2D eigenvalue weighted by Gasteiger charge is 1.98. The van der Waals surface area contributed by atoms with Crippen molar-refractivity contribution in [3.05, 3.63) is 29.8 Å². The zero-order chi connectivity index (χ0) is 8.10. The van der Waals surface area contributed by atoms with Gasteiger partial charge in [0.2, 0.25) is 0 Å². The highest BCUT2D eigenvalue weighted by atomic mass is 19.1. The SMILES string of the molecule is OCCCc1ccncc1F. The normalized spacial score (nSPS) is 10.0. The number of rotatable bonds is 3. The van der Waals surface area contributed by atoms with Crippen molar-refractivity contribution >= 4 is 0 Å². The molecular formula is C8H10FNO. The van der Waals surface area contributed by atoms with E-state index < -0.39 is 0 Å². The molecule has 0 radical (unpaired) electrons. The van der Waals surface area contributed by atoms with Crippen molar-refractivity contribution in [2.45, 2.75) is 12.8 Å². The molecule has 1 heterocycles. The van der Waals surface area contributed by atoms with Gasteiger partial charge in [0.25, 0.3) is 0 Å². The van der Waals surface area contributed by atoms with Crippen LogP contribution < -0.4 is 0 Å². The number of hydrogen-bond acceptors (Lipinski definition) is 2. The fourth-order valence-electron chi connectivity index (χ4n) is 0.876. The molecule has 1 aromatic rings. The molecule has 60 valence electrons. The molecule has 2 nitrogen and oxygen atoms in total. The molecule has 0 saturated heterocycles. The van der Waals surface area contributed by atoms with Crippen molar-refractivity contribution in [3.8, 4) is 0 Å². The number of halogens is 1. The van der Waals surface area contributed by atoms with Crippen LogP contribution in [0.2, 0.25) is 0 Å². The fourth-order valence-corrected chi connectivity index (χ4v) is 0.876. The Labute approximate surface area is 64.7 Å². The lowest BCUT2D eigenvalue weighted by atomic mass is 10.1. The molecule has 0 saturated carbocycles. The Hall–Kier alpha value is -0.960. The molecule has 0 aromatic carbocycles. The molecule has 0 spiro atoms. The van der Waals surface area contributed by atoms with E-state index in [2.05, 4.69) is 4.98 Å². The predicted molar refractivity (Wildman–Crippen MR) is 39.6 cm³/mol. The van der Waals surface area contributed by atoms with Crippen molar-refractivity contribution in [2.24, 2.45) is 0 Å². The number of hydrogen-bond donors (Lipinski definition) is 1. The molecule has 0 bridgehead atoms. The van der Waals surface area contributed by atoms with Gasteiger partial charge in [0, 0.05) is 12.8 Å². The lowest BCUT2D eigenvalue weighted by molar-refractivity contribution is 0.288. The molecule has 0 aliphatic heterocycles. The number of nitrogens with zero attached hydrogens (tertiary/aromatic N) is 1. The third-order valence-corrected chi connectivity index (χ3v) is 1.46. The zero-order valence-electron chi connectivity index (χ0n) is 6.13. The Bertz CT molecular complexity index is 227. The first-order valence-electron chi connectivity index (χ1n) is 3.54. The average molecular weight is 155 g/mol. The topological polar surface area (TPSA) is 33.1 Å². The van der Waals surface area contributed by atoms with Gasteiger partial charge in [-0.05, 0) is 24.5 Å². The molecule has 11 heavy (non-hydrogen) atoms. The molecule has 1 N–H and O–H groups in total. The maximum Gasteiger partial charge on any atom is 0.144 e. The lowest BCUT2D eigenvalue weighted by Crippen LogP contribution is -1.93. The maximum atomic E-state index is 12.8. The van der Waals surface area contributed by atoms with Gasteiger partial charge in [0.1, 0.15) is 5.82 Å². The molecule has 0 aliphatic rings. The van der Waals surface area contributed by atoms with Crippen molar-refractivity contribution in [1.82, 2.24) is 4.98 Å². The van der Waals surface area contributed by atoms with E-state index in [4.69, 9.17) is 5.11 Å². The maximum absolute atomic E-state index is 12.8. The number of aliphatic hydroxyl groups excluding tert-OH is 1. The van der Waals surface area contributed by atoms with E-state index in [1.54, 1.807) is 12.3 Å². The third-order valence-electron chi connectivity index (χ3n) is 1.46. The molecular weight excluding hydrogens is 145 g/mol. The first-order valence-corrected chi connectivity index (χ1v) is 3.54. The minimum Gasteiger partial charge on any atom is -0.396 e. The summed E-state index contributed by atoms with van der Waals surface area (Å²) >= 11 is 0. The summed E-state index contributed by atoms with van der Waals surface area (Å²) in [7, 11) is 0. The van der Waals surface area contributed by atoms with Crippen LogP contribution in [-0.4, -0.2) is 16.7 Å². The van der Waals surface area contributed by atoms with E-state index in [-0.39, 0.29) is 12.4 Å². The van der Waals surface area contributed by atoms with Gasteiger partial charge in [-0.3, -0.25) is 4.98 Å². The lowest BCUT2D eigenvalue weighted by Gasteiger charge is -1.98. The fraction of sp³-hybridized carbons (Fsp3) is 0.375. The summed E-state index contributed by atoms with van der Waals surface area (Å²) in [5.74, 6) is -0.291. The second kappa shape index (κ2) is 4.03. The zero-order valence-corrected chi connectivity index (χ0v) is 6.13. The standard InChI is InChI=1S/C8H10FNO/c9-8-6-10-4-3-7(8)2-1-5-11/h3-4,6,11H,1-2,5H2. The molecule has 0 aliphatic carbocycles. The smallest absolute Gasteiger partial charge is 0.144 e. The Morgan fingerprint density at radius 3 is 3.00 bits per heavy atom. The van der Waals surface area contributed by atoms with Gasteiger partial charge >= 0.3 is 0 Å². The summed E-state index contributed by atoms with van der Waals surface area (Å²) in [6, 6.07) is 1.63. The summed E-state index contributed by atoms with van der Waals surface area (Å²) in [5, 5.41) is 8.48. The molecule has 0 unspecified atom stereocenters. The summed E-state index contributed by atoms with van der Waals surface area (Å²) in [6.45, 7) is 0.0990. The summed E-state index contributed by atoms with van der Waals surface area (Å²) in [5.41, 5.74) is 0.619. The third kappa shape index (κ3) is 2.27. The predicted octanol–water partition coefficient (Wildman–Crippen LogP) is 1.15. The van der Waals surface area contributed by atoms with Gasteiger partial charge < -0.3 is 5.11 Å². The van der Waals surface area contributed by atoms with Crippen molar-refractivity contribution < 1.29 is 9.50 Å². The quantitative estimate of drug-likeness (QED) is 0.710. The van der Waals surface area contributed by atoms with Crippen LogP contribution in [0.15, 0.2) is 18.5 Å². The van der Waals surface area contributed by atoms with Crippen LogP contribution >= 0.6 is 0 Å². The van der Waals surface area contributed by atoms with E-state index in [1.165, 1.54) is 6.20 Å². The molecule has 1 rings (SSSR count). The van der Waals surface area contributed by atoms with Crippen molar-refractivity contribution in [2.75, 3.05) is 6.61 Å². The van der Waals surface area contributed by atoms with Gasteiger partial charge in [-0.15, -0.1) is 0 Å². The first-order chi connectivity index (χ1) is 5.34. The Balaban J connectivity index is 2.62. The van der Waals surface area contributed by atoms with Crippen molar-refractivity contribution in [1.29, 1.82) is 0 Å². The molecule has 0 amide bonds. The average Bonchev–Trinajstić information content (AvgIpc) is 2.03. The highest BCUT2D eigenvalue weighted by molar-refractivity contribution is 5.12. The monoisotopic (exact) mass is 155 g/mol. The van der Waals surface area contributed by atoms with Crippen LogP contribution in [-0.2, 0) is 6.42 Å². The Morgan fingerprint density at radius 1 is 1.55 bits per heavy atom. The van der Waals surface area contributed by atoms with Gasteiger partial charge in [0.15, 0.2) is 0 Å². The Morgan fingerprint density at radius 2 is 2.36 bits per heavy atom. The highest BCUT2D eigenvalue weighted by Crippen LogP contribution is 2.06. The number of pyridine rings is 1. The van der Waals surface area contributed by atoms with E-state index in [9.17, 15) is 4.39 Å². The second-order valence-corrected chi connectivity index (χ2v) is 2.29. The number of aliphatic hydroxyl groups is 1. The number of aromatic nitrogens is 1. The Kier molecular flexibility index (Phi) is 2.98. The molecule has 0 fully saturated rings. The van der Waals surface area contributed by atoms with Crippen LogP contribution in [0.3, 0.4) is 0 Å². The summed E-state index contributed by atoms with van der Waals surface area (Å²) in [4.78, 5) is 3.62. The minimum absolute atomic E-state index is 0.0990. The van der Waals surface area contributed by atoms with Crippen LogP contribution in [0.1, 0.15) is 12.0 Å². The van der Waals surface area contributed by atoms with E-state index in [0.29, 0.717) is 18.4 Å². The van der Waals surface area contributed by atoms with E-state index in [0.717, 1.165) is 0 Å². The summed E-state index contributed by atoms with van der Waals surface area (Å²) < 4.78 is 12.8. The second-order valence-electron chi connectivity index (χ2n) is 2.29. The van der Waals surface area contributed by atoms with Crippen LogP contribution in [0.5, 0.6) is 0 Å². The van der Waals surface area contributed by atoms with Gasteiger partial charge in [0.05, 0.1) is 6.20 Å². The largest absolute Gasteiger partial charge is 0.396 e. The van der Waals surface area contributed by atoms with E-state index >= 15 is 0 Å². The molecule has 0 atom stereocenters. The van der Waals surface area contributed by atoms with Gasteiger partial charge in [-0.2, -0.15) is 0 Å². The minimum atomic E-state index is -0.291. The van der Waals surface area contributed by atoms with E-state index in [1.807, 2.05) is 0 Å². The number of aryl methyl sites for hydroxylation is 1. The molecule has 3 heteroatoms. The van der Waals surface area contributed by atoms with Crippen LogP contribution in [0.25, 0.3) is 0 Å².